The summed E-state index contributed by atoms with van der Waals surface area (Å²) < 4.78 is 0. The van der Waals surface area contributed by atoms with E-state index in [4.69, 9.17) is 5.11 Å². The topological polar surface area (TPSA) is 32.3 Å². The molecular weight excluding hydrogens is 182 g/mol. The molecule has 0 saturated heterocycles. The van der Waals surface area contributed by atoms with Gasteiger partial charge in [-0.1, -0.05) is 13.3 Å². The van der Waals surface area contributed by atoms with Crippen LogP contribution in [-0.4, -0.2) is 34.8 Å². The average Bonchev–Trinajstić information content (AvgIpc) is 2.49. The van der Waals surface area contributed by atoms with Gasteiger partial charge in [-0.05, 0) is 25.5 Å². The van der Waals surface area contributed by atoms with Gasteiger partial charge in [-0.25, -0.2) is 0 Å². The van der Waals surface area contributed by atoms with Crippen LogP contribution in [0, 0.1) is 0 Å². The van der Waals surface area contributed by atoms with Gasteiger partial charge in [0.25, 0.3) is 0 Å². The number of rotatable bonds is 5. The Kier molecular flexibility index (Phi) is 5.14. The molecule has 0 heterocycles. The summed E-state index contributed by atoms with van der Waals surface area (Å²) in [5, 5.41) is 13.4. The Morgan fingerprint density at radius 3 is 2.92 bits per heavy atom. The van der Waals surface area contributed by atoms with Crippen LogP contribution >= 0.6 is 11.8 Å². The number of hydrogen-bond acceptors (Lipinski definition) is 3. The highest BCUT2D eigenvalue weighted by Gasteiger charge is 2.26. The molecule has 13 heavy (non-hydrogen) atoms. The molecule has 2 N–H and O–H groups in total. The molecule has 0 radical (unpaired) electrons. The van der Waals surface area contributed by atoms with Crippen LogP contribution in [0.4, 0.5) is 0 Å². The van der Waals surface area contributed by atoms with E-state index in [-0.39, 0.29) is 6.10 Å². The van der Waals surface area contributed by atoms with E-state index >= 15 is 0 Å². The molecule has 1 aliphatic carbocycles. The molecule has 1 aliphatic rings. The third-order valence-corrected chi connectivity index (χ3v) is 3.83. The molecular formula is C10H21NOS. The second kappa shape index (κ2) is 5.89. The number of aliphatic hydroxyl groups is 1. The Hall–Kier alpha value is 0.270. The van der Waals surface area contributed by atoms with Crippen molar-refractivity contribution in [3.8, 4) is 0 Å². The fourth-order valence-corrected chi connectivity index (χ4v) is 3.12. The van der Waals surface area contributed by atoms with Gasteiger partial charge in [0.1, 0.15) is 0 Å². The van der Waals surface area contributed by atoms with Crippen LogP contribution in [0.5, 0.6) is 0 Å². The fraction of sp³-hybridized carbons (Fsp3) is 1.00. The summed E-state index contributed by atoms with van der Waals surface area (Å²) in [5.74, 6) is 1.21. The van der Waals surface area contributed by atoms with Crippen LogP contribution in [0.1, 0.15) is 33.1 Å². The molecule has 0 aliphatic heterocycles. The van der Waals surface area contributed by atoms with Crippen molar-refractivity contribution in [1.29, 1.82) is 0 Å². The Bertz CT molecular complexity index is 141. The Balaban J connectivity index is 2.22. The number of aliphatic hydroxyl groups excluding tert-OH is 1. The number of thioether (sulfide) groups is 1. The van der Waals surface area contributed by atoms with Crippen molar-refractivity contribution in [2.45, 2.75) is 50.5 Å². The number of hydrogen-bond donors (Lipinski definition) is 2. The lowest BCUT2D eigenvalue weighted by molar-refractivity contribution is 0.186. The zero-order chi connectivity index (χ0) is 9.68. The third kappa shape index (κ3) is 3.88. The minimum atomic E-state index is -0.215. The van der Waals surface area contributed by atoms with Crippen molar-refractivity contribution >= 4 is 11.8 Å². The SMILES string of the molecule is CCSC1CCCC1NC[C@@H](C)O. The molecule has 1 fully saturated rings. The van der Waals surface area contributed by atoms with E-state index in [0.717, 1.165) is 11.8 Å². The summed E-state index contributed by atoms with van der Waals surface area (Å²) in [6, 6.07) is 0.638. The van der Waals surface area contributed by atoms with E-state index in [0.29, 0.717) is 6.04 Å². The standard InChI is InChI=1S/C10H21NOS/c1-3-13-10-6-4-5-9(10)11-7-8(2)12/h8-12H,3-7H2,1-2H3/t8-,9?,10?/m1/s1. The van der Waals surface area contributed by atoms with Crippen LogP contribution in [0.15, 0.2) is 0 Å². The van der Waals surface area contributed by atoms with Crippen LogP contribution < -0.4 is 5.32 Å². The van der Waals surface area contributed by atoms with Crippen LogP contribution in [0.25, 0.3) is 0 Å². The van der Waals surface area contributed by atoms with Crippen molar-refractivity contribution in [2.24, 2.45) is 0 Å². The second-order valence-electron chi connectivity index (χ2n) is 3.79. The Labute approximate surface area is 85.5 Å². The van der Waals surface area contributed by atoms with Crippen molar-refractivity contribution in [1.82, 2.24) is 5.32 Å². The molecule has 0 bridgehead atoms. The molecule has 3 heteroatoms. The van der Waals surface area contributed by atoms with Crippen LogP contribution in [-0.2, 0) is 0 Å². The summed E-state index contributed by atoms with van der Waals surface area (Å²) in [6.45, 7) is 4.80. The summed E-state index contributed by atoms with van der Waals surface area (Å²) in [6.07, 6.45) is 3.75. The lowest BCUT2D eigenvalue weighted by Gasteiger charge is -2.20. The Morgan fingerprint density at radius 1 is 1.54 bits per heavy atom. The van der Waals surface area contributed by atoms with Crippen molar-refractivity contribution < 1.29 is 5.11 Å². The van der Waals surface area contributed by atoms with E-state index in [2.05, 4.69) is 24.0 Å². The first kappa shape index (κ1) is 11.3. The lowest BCUT2D eigenvalue weighted by atomic mass is 10.2. The molecule has 0 spiro atoms. The predicted molar refractivity (Wildman–Crippen MR) is 59.2 cm³/mol. The number of nitrogens with one attached hydrogen (secondary N) is 1. The van der Waals surface area contributed by atoms with Gasteiger partial charge in [-0.3, -0.25) is 0 Å². The molecule has 78 valence electrons. The molecule has 1 saturated carbocycles. The van der Waals surface area contributed by atoms with Gasteiger partial charge in [0.2, 0.25) is 0 Å². The highest BCUT2D eigenvalue weighted by molar-refractivity contribution is 7.99. The maximum absolute atomic E-state index is 9.16. The quantitative estimate of drug-likeness (QED) is 0.712. The largest absolute Gasteiger partial charge is 0.392 e. The van der Waals surface area contributed by atoms with Gasteiger partial charge >= 0.3 is 0 Å². The Morgan fingerprint density at radius 2 is 2.31 bits per heavy atom. The molecule has 0 aromatic carbocycles. The second-order valence-corrected chi connectivity index (χ2v) is 5.30. The van der Waals surface area contributed by atoms with E-state index in [1.54, 1.807) is 0 Å². The first-order valence-electron chi connectivity index (χ1n) is 5.27. The van der Waals surface area contributed by atoms with E-state index in [9.17, 15) is 0 Å². The first-order chi connectivity index (χ1) is 6.24. The van der Waals surface area contributed by atoms with E-state index < -0.39 is 0 Å². The summed E-state index contributed by atoms with van der Waals surface area (Å²) in [5.41, 5.74) is 0. The normalized spacial score (nSPS) is 30.7. The molecule has 0 aromatic heterocycles. The summed E-state index contributed by atoms with van der Waals surface area (Å²) in [4.78, 5) is 0. The van der Waals surface area contributed by atoms with E-state index in [1.165, 1.54) is 25.0 Å². The van der Waals surface area contributed by atoms with Crippen LogP contribution in [0.2, 0.25) is 0 Å². The zero-order valence-corrected chi connectivity index (χ0v) is 9.44. The maximum atomic E-state index is 9.16. The van der Waals surface area contributed by atoms with Crippen LogP contribution in [0.3, 0.4) is 0 Å². The molecule has 3 atom stereocenters. The fourth-order valence-electron chi connectivity index (χ4n) is 1.90. The summed E-state index contributed by atoms with van der Waals surface area (Å²) in [7, 11) is 0. The molecule has 2 unspecified atom stereocenters. The zero-order valence-electron chi connectivity index (χ0n) is 8.62. The highest BCUT2D eigenvalue weighted by Crippen LogP contribution is 2.29. The highest BCUT2D eigenvalue weighted by atomic mass is 32.2. The predicted octanol–water partition coefficient (Wildman–Crippen LogP) is 1.63. The van der Waals surface area contributed by atoms with Crippen molar-refractivity contribution in [2.75, 3.05) is 12.3 Å². The minimum absolute atomic E-state index is 0.215. The van der Waals surface area contributed by atoms with Gasteiger partial charge in [-0.15, -0.1) is 0 Å². The maximum Gasteiger partial charge on any atom is 0.0636 e. The lowest BCUT2D eigenvalue weighted by Crippen LogP contribution is -2.38. The molecule has 2 nitrogen and oxygen atoms in total. The van der Waals surface area contributed by atoms with E-state index in [1.807, 2.05) is 6.92 Å². The van der Waals surface area contributed by atoms with Gasteiger partial charge in [0, 0.05) is 17.8 Å². The summed E-state index contributed by atoms with van der Waals surface area (Å²) >= 11 is 2.05. The smallest absolute Gasteiger partial charge is 0.0636 e. The molecule has 1 rings (SSSR count). The van der Waals surface area contributed by atoms with Gasteiger partial charge in [-0.2, -0.15) is 11.8 Å². The van der Waals surface area contributed by atoms with Crippen molar-refractivity contribution in [3.63, 3.8) is 0 Å². The van der Waals surface area contributed by atoms with Gasteiger partial charge in [0.05, 0.1) is 6.10 Å². The van der Waals surface area contributed by atoms with Gasteiger partial charge in [0.15, 0.2) is 0 Å². The first-order valence-corrected chi connectivity index (χ1v) is 6.32. The monoisotopic (exact) mass is 203 g/mol. The average molecular weight is 203 g/mol. The molecule has 0 aromatic rings. The van der Waals surface area contributed by atoms with Crippen molar-refractivity contribution in [3.05, 3.63) is 0 Å². The molecule has 0 amide bonds. The van der Waals surface area contributed by atoms with Gasteiger partial charge < -0.3 is 10.4 Å². The third-order valence-electron chi connectivity index (χ3n) is 2.51. The minimum Gasteiger partial charge on any atom is -0.392 e.